The Morgan fingerprint density at radius 3 is 2.27 bits per heavy atom. The molecule has 3 rings (SSSR count). The Hall–Kier alpha value is -3.33. The summed E-state index contributed by atoms with van der Waals surface area (Å²) in [6.45, 7) is 3.76. The van der Waals surface area contributed by atoms with Crippen molar-refractivity contribution in [2.45, 2.75) is 24.8 Å². The summed E-state index contributed by atoms with van der Waals surface area (Å²) in [5, 5.41) is 6.86. The first-order valence-electron chi connectivity index (χ1n) is 9.21. The van der Waals surface area contributed by atoms with Crippen molar-refractivity contribution in [3.63, 3.8) is 0 Å². The highest BCUT2D eigenvalue weighted by Crippen LogP contribution is 2.29. The Kier molecular flexibility index (Phi) is 6.12. The van der Waals surface area contributed by atoms with Crippen LogP contribution in [-0.4, -0.2) is 36.5 Å². The number of hydrogen-bond acceptors (Lipinski definition) is 6. The van der Waals surface area contributed by atoms with Gasteiger partial charge in [-0.15, -0.1) is 0 Å². The standard InChI is InChI=1S/C21H23N3O5S/c1-14(2)28-17-11-15(21(25)22-20-9-10-24(3)23-20)12-18(13-17)29-16-5-7-19(8-6-16)30(4,26)27/h5-14H,1-4H3,(H,22,23,25). The van der Waals surface area contributed by atoms with E-state index in [2.05, 4.69) is 10.4 Å². The van der Waals surface area contributed by atoms with Gasteiger partial charge in [0.15, 0.2) is 15.7 Å². The summed E-state index contributed by atoms with van der Waals surface area (Å²) in [6, 6.07) is 12.6. The van der Waals surface area contributed by atoms with Crippen molar-refractivity contribution < 1.29 is 22.7 Å². The number of nitrogens with zero attached hydrogens (tertiary/aromatic N) is 2. The summed E-state index contributed by atoms with van der Waals surface area (Å²) in [5.74, 6) is 1.35. The molecule has 0 aliphatic carbocycles. The second-order valence-corrected chi connectivity index (χ2v) is 9.05. The number of sulfone groups is 1. The number of rotatable bonds is 7. The van der Waals surface area contributed by atoms with E-state index in [9.17, 15) is 13.2 Å². The van der Waals surface area contributed by atoms with Crippen molar-refractivity contribution in [3.05, 3.63) is 60.3 Å². The van der Waals surface area contributed by atoms with Gasteiger partial charge in [-0.25, -0.2) is 8.42 Å². The minimum absolute atomic E-state index is 0.0963. The van der Waals surface area contributed by atoms with Gasteiger partial charge in [-0.05, 0) is 50.2 Å². The molecule has 2 aromatic carbocycles. The molecule has 0 saturated carbocycles. The first kappa shape index (κ1) is 21.4. The monoisotopic (exact) mass is 429 g/mol. The molecule has 1 amide bonds. The predicted octanol–water partition coefficient (Wildman–Crippen LogP) is 3.66. The van der Waals surface area contributed by atoms with Crippen LogP contribution in [0.2, 0.25) is 0 Å². The number of carbonyl (C=O) groups excluding carboxylic acids is 1. The zero-order valence-electron chi connectivity index (χ0n) is 17.1. The Morgan fingerprint density at radius 2 is 1.70 bits per heavy atom. The van der Waals surface area contributed by atoms with Gasteiger partial charge in [0.1, 0.15) is 17.2 Å². The van der Waals surface area contributed by atoms with Gasteiger partial charge in [0, 0.05) is 37.2 Å². The molecule has 0 saturated heterocycles. The van der Waals surface area contributed by atoms with E-state index < -0.39 is 9.84 Å². The lowest BCUT2D eigenvalue weighted by molar-refractivity contribution is 0.102. The third kappa shape index (κ3) is 5.60. The molecular formula is C21H23N3O5S. The zero-order valence-corrected chi connectivity index (χ0v) is 17.9. The summed E-state index contributed by atoms with van der Waals surface area (Å²) >= 11 is 0. The fourth-order valence-corrected chi connectivity index (χ4v) is 3.29. The van der Waals surface area contributed by atoms with Gasteiger partial charge in [0.05, 0.1) is 11.0 Å². The fourth-order valence-electron chi connectivity index (χ4n) is 2.66. The topological polar surface area (TPSA) is 99.5 Å². The second kappa shape index (κ2) is 8.58. The second-order valence-electron chi connectivity index (χ2n) is 7.03. The van der Waals surface area contributed by atoms with Gasteiger partial charge in [0.25, 0.3) is 5.91 Å². The van der Waals surface area contributed by atoms with Crippen molar-refractivity contribution in [2.24, 2.45) is 7.05 Å². The molecule has 0 unspecified atom stereocenters. The van der Waals surface area contributed by atoms with Crippen LogP contribution >= 0.6 is 0 Å². The summed E-state index contributed by atoms with van der Waals surface area (Å²) in [4.78, 5) is 12.9. The molecule has 0 aliphatic heterocycles. The van der Waals surface area contributed by atoms with E-state index in [4.69, 9.17) is 9.47 Å². The molecule has 158 valence electrons. The number of ether oxygens (including phenoxy) is 2. The van der Waals surface area contributed by atoms with Crippen LogP contribution in [0.15, 0.2) is 59.6 Å². The number of anilines is 1. The Balaban J connectivity index is 1.87. The maximum atomic E-state index is 12.7. The highest BCUT2D eigenvalue weighted by Gasteiger charge is 2.14. The molecule has 0 bridgehead atoms. The normalized spacial score (nSPS) is 11.4. The lowest BCUT2D eigenvalue weighted by Crippen LogP contribution is -2.13. The van der Waals surface area contributed by atoms with E-state index in [0.29, 0.717) is 28.6 Å². The van der Waals surface area contributed by atoms with E-state index in [1.165, 1.54) is 12.1 Å². The Morgan fingerprint density at radius 1 is 1.03 bits per heavy atom. The number of hydrogen-bond donors (Lipinski definition) is 1. The quantitative estimate of drug-likeness (QED) is 0.615. The summed E-state index contributed by atoms with van der Waals surface area (Å²) in [6.07, 6.45) is 2.77. The Labute approximate surface area is 175 Å². The van der Waals surface area contributed by atoms with Crippen LogP contribution in [0, 0.1) is 0 Å². The lowest BCUT2D eigenvalue weighted by atomic mass is 10.2. The molecule has 3 aromatic rings. The number of aromatic nitrogens is 2. The zero-order chi connectivity index (χ0) is 21.9. The van der Waals surface area contributed by atoms with Crippen LogP contribution in [0.25, 0.3) is 0 Å². The average Bonchev–Trinajstić information content (AvgIpc) is 3.05. The number of aryl methyl sites for hydroxylation is 1. The summed E-state index contributed by atoms with van der Waals surface area (Å²) in [7, 11) is -1.54. The van der Waals surface area contributed by atoms with E-state index in [-0.39, 0.29) is 16.9 Å². The van der Waals surface area contributed by atoms with Crippen LogP contribution in [0.1, 0.15) is 24.2 Å². The Bertz CT molecular complexity index is 1150. The van der Waals surface area contributed by atoms with Gasteiger partial charge < -0.3 is 14.8 Å². The summed E-state index contributed by atoms with van der Waals surface area (Å²) < 4.78 is 36.4. The first-order chi connectivity index (χ1) is 14.1. The molecule has 0 atom stereocenters. The first-order valence-corrected chi connectivity index (χ1v) is 11.1. The van der Waals surface area contributed by atoms with Crippen LogP contribution in [0.4, 0.5) is 5.82 Å². The van der Waals surface area contributed by atoms with Crippen LogP contribution in [-0.2, 0) is 16.9 Å². The van der Waals surface area contributed by atoms with Crippen molar-refractivity contribution in [1.82, 2.24) is 9.78 Å². The van der Waals surface area contributed by atoms with Crippen LogP contribution in [0.3, 0.4) is 0 Å². The molecular weight excluding hydrogens is 406 g/mol. The van der Waals surface area contributed by atoms with Gasteiger partial charge in [-0.1, -0.05) is 0 Å². The number of nitrogens with one attached hydrogen (secondary N) is 1. The number of amides is 1. The van der Waals surface area contributed by atoms with Crippen molar-refractivity contribution >= 4 is 21.6 Å². The smallest absolute Gasteiger partial charge is 0.257 e. The minimum atomic E-state index is -3.29. The molecule has 9 heteroatoms. The molecule has 30 heavy (non-hydrogen) atoms. The predicted molar refractivity (Wildman–Crippen MR) is 113 cm³/mol. The SMILES string of the molecule is CC(C)Oc1cc(Oc2ccc(S(C)(=O)=O)cc2)cc(C(=O)Nc2ccn(C)n2)c1. The number of carbonyl (C=O) groups is 1. The number of benzene rings is 2. The molecule has 0 aliphatic rings. The van der Waals surface area contributed by atoms with Crippen molar-refractivity contribution in [1.29, 1.82) is 0 Å². The molecule has 1 heterocycles. The van der Waals surface area contributed by atoms with Gasteiger partial charge >= 0.3 is 0 Å². The van der Waals surface area contributed by atoms with Crippen LogP contribution < -0.4 is 14.8 Å². The largest absolute Gasteiger partial charge is 0.491 e. The highest BCUT2D eigenvalue weighted by atomic mass is 32.2. The van der Waals surface area contributed by atoms with E-state index in [1.54, 1.807) is 54.3 Å². The third-order valence-corrected chi connectivity index (χ3v) is 5.09. The molecule has 1 aromatic heterocycles. The van der Waals surface area contributed by atoms with Crippen LogP contribution in [0.5, 0.6) is 17.2 Å². The lowest BCUT2D eigenvalue weighted by Gasteiger charge is -2.14. The maximum absolute atomic E-state index is 12.7. The average molecular weight is 429 g/mol. The van der Waals surface area contributed by atoms with Crippen molar-refractivity contribution in [3.8, 4) is 17.2 Å². The summed E-state index contributed by atoms with van der Waals surface area (Å²) in [5.41, 5.74) is 0.335. The molecule has 0 radical (unpaired) electrons. The molecule has 8 nitrogen and oxygen atoms in total. The minimum Gasteiger partial charge on any atom is -0.491 e. The fraction of sp³-hybridized carbons (Fsp3) is 0.238. The third-order valence-electron chi connectivity index (χ3n) is 3.96. The van der Waals surface area contributed by atoms with E-state index in [0.717, 1.165) is 6.26 Å². The molecule has 0 spiro atoms. The highest BCUT2D eigenvalue weighted by molar-refractivity contribution is 7.90. The van der Waals surface area contributed by atoms with E-state index in [1.807, 2.05) is 13.8 Å². The molecule has 1 N–H and O–H groups in total. The maximum Gasteiger partial charge on any atom is 0.257 e. The van der Waals surface area contributed by atoms with Gasteiger partial charge in [-0.3, -0.25) is 9.48 Å². The molecule has 0 fully saturated rings. The van der Waals surface area contributed by atoms with Crippen molar-refractivity contribution in [2.75, 3.05) is 11.6 Å². The van der Waals surface area contributed by atoms with E-state index >= 15 is 0 Å². The van der Waals surface area contributed by atoms with Gasteiger partial charge in [0.2, 0.25) is 0 Å². The van der Waals surface area contributed by atoms with Gasteiger partial charge in [-0.2, -0.15) is 5.10 Å².